The van der Waals surface area contributed by atoms with Crippen molar-refractivity contribution < 1.29 is 9.66 Å². The number of fused-ring (bicyclic) bond motifs is 1. The maximum absolute atomic E-state index is 10.9. The van der Waals surface area contributed by atoms with Crippen molar-refractivity contribution in [1.29, 1.82) is 0 Å². The second-order valence-corrected chi connectivity index (χ2v) is 4.33. The quantitative estimate of drug-likeness (QED) is 0.612. The largest absolute Gasteiger partial charge is 0.466 e. The van der Waals surface area contributed by atoms with E-state index in [1.54, 1.807) is 6.07 Å². The Balaban J connectivity index is 1.93. The lowest BCUT2D eigenvalue weighted by Gasteiger charge is -2.30. The molecule has 3 rings (SSSR count). The molecular weight excluding hydrogens is 244 g/mol. The van der Waals surface area contributed by atoms with E-state index in [4.69, 9.17) is 4.74 Å². The fraction of sp³-hybridized carbons (Fsp3) is 0.143. The Labute approximate surface area is 110 Å². The molecular formula is C14H12N2O3. The number of nitro benzene ring substituents is 1. The SMILES string of the molecule is O=[N+]([O-])c1cccc2c1OCN(c1ccccc1)C2. The fourth-order valence-electron chi connectivity index (χ4n) is 2.20. The summed E-state index contributed by atoms with van der Waals surface area (Å²) in [5, 5.41) is 10.9. The van der Waals surface area contributed by atoms with Gasteiger partial charge in [-0.05, 0) is 12.1 Å². The number of hydrogen-bond donors (Lipinski definition) is 0. The van der Waals surface area contributed by atoms with Crippen molar-refractivity contribution in [2.24, 2.45) is 0 Å². The van der Waals surface area contributed by atoms with Crippen LogP contribution in [0.3, 0.4) is 0 Å². The molecule has 0 aromatic heterocycles. The van der Waals surface area contributed by atoms with Crippen LogP contribution in [0.15, 0.2) is 48.5 Å². The van der Waals surface area contributed by atoms with E-state index >= 15 is 0 Å². The predicted molar refractivity (Wildman–Crippen MR) is 71.2 cm³/mol. The van der Waals surface area contributed by atoms with Crippen molar-refractivity contribution in [3.05, 3.63) is 64.2 Å². The van der Waals surface area contributed by atoms with Gasteiger partial charge in [-0.3, -0.25) is 10.1 Å². The second kappa shape index (κ2) is 4.61. The molecule has 1 aliphatic heterocycles. The minimum Gasteiger partial charge on any atom is -0.466 e. The first-order valence-electron chi connectivity index (χ1n) is 5.95. The molecule has 0 radical (unpaired) electrons. The van der Waals surface area contributed by atoms with Gasteiger partial charge in [-0.1, -0.05) is 30.3 Å². The Morgan fingerprint density at radius 1 is 1.11 bits per heavy atom. The Hall–Kier alpha value is -2.56. The molecule has 2 aromatic rings. The fourth-order valence-corrected chi connectivity index (χ4v) is 2.20. The van der Waals surface area contributed by atoms with Crippen molar-refractivity contribution in [2.75, 3.05) is 11.6 Å². The van der Waals surface area contributed by atoms with Crippen LogP contribution in [0.1, 0.15) is 5.56 Å². The third kappa shape index (κ3) is 2.10. The normalized spacial score (nSPS) is 13.6. The van der Waals surface area contributed by atoms with Crippen LogP contribution in [-0.2, 0) is 6.54 Å². The lowest BCUT2D eigenvalue weighted by atomic mass is 10.1. The van der Waals surface area contributed by atoms with E-state index in [1.807, 2.05) is 41.3 Å². The molecule has 0 unspecified atom stereocenters. The molecule has 0 saturated carbocycles. The van der Waals surface area contributed by atoms with Gasteiger partial charge in [0, 0.05) is 17.3 Å². The second-order valence-electron chi connectivity index (χ2n) is 4.33. The smallest absolute Gasteiger partial charge is 0.311 e. The molecule has 0 aliphatic carbocycles. The van der Waals surface area contributed by atoms with Crippen LogP contribution in [0.5, 0.6) is 5.75 Å². The van der Waals surface area contributed by atoms with Crippen molar-refractivity contribution in [2.45, 2.75) is 6.54 Å². The molecule has 0 amide bonds. The summed E-state index contributed by atoms with van der Waals surface area (Å²) < 4.78 is 5.57. The summed E-state index contributed by atoms with van der Waals surface area (Å²) in [5.74, 6) is 0.389. The molecule has 5 heteroatoms. The van der Waals surface area contributed by atoms with E-state index in [0.29, 0.717) is 19.0 Å². The number of ether oxygens (including phenoxy) is 1. The Morgan fingerprint density at radius 2 is 1.89 bits per heavy atom. The van der Waals surface area contributed by atoms with Crippen molar-refractivity contribution >= 4 is 11.4 Å². The number of rotatable bonds is 2. The number of benzene rings is 2. The van der Waals surface area contributed by atoms with Crippen LogP contribution < -0.4 is 9.64 Å². The number of para-hydroxylation sites is 2. The van der Waals surface area contributed by atoms with Gasteiger partial charge >= 0.3 is 5.69 Å². The summed E-state index contributed by atoms with van der Waals surface area (Å²) in [4.78, 5) is 12.6. The van der Waals surface area contributed by atoms with Gasteiger partial charge in [0.1, 0.15) is 0 Å². The maximum Gasteiger partial charge on any atom is 0.311 e. The van der Waals surface area contributed by atoms with Gasteiger partial charge in [-0.2, -0.15) is 0 Å². The minimum atomic E-state index is -0.406. The van der Waals surface area contributed by atoms with Crippen LogP contribution in [0, 0.1) is 10.1 Å². The van der Waals surface area contributed by atoms with Gasteiger partial charge in [0.2, 0.25) is 5.75 Å². The third-order valence-electron chi connectivity index (χ3n) is 3.12. The summed E-state index contributed by atoms with van der Waals surface area (Å²) in [7, 11) is 0. The molecule has 0 spiro atoms. The molecule has 19 heavy (non-hydrogen) atoms. The molecule has 2 aromatic carbocycles. The summed E-state index contributed by atoms with van der Waals surface area (Å²) in [6.07, 6.45) is 0. The summed E-state index contributed by atoms with van der Waals surface area (Å²) in [6, 6.07) is 14.9. The summed E-state index contributed by atoms with van der Waals surface area (Å²) in [6.45, 7) is 0.933. The van der Waals surface area contributed by atoms with Crippen molar-refractivity contribution in [1.82, 2.24) is 0 Å². The van der Waals surface area contributed by atoms with Gasteiger partial charge in [-0.15, -0.1) is 0 Å². The van der Waals surface area contributed by atoms with E-state index in [0.717, 1.165) is 11.3 Å². The standard InChI is InChI=1S/C14H12N2O3/c17-16(18)13-8-4-5-11-9-15(10-19-14(11)13)12-6-2-1-3-7-12/h1-8H,9-10H2. The zero-order valence-corrected chi connectivity index (χ0v) is 10.2. The van der Waals surface area contributed by atoms with Crippen LogP contribution in [-0.4, -0.2) is 11.7 Å². The maximum atomic E-state index is 10.9. The Bertz CT molecular complexity index is 613. The highest BCUT2D eigenvalue weighted by Crippen LogP contribution is 2.35. The van der Waals surface area contributed by atoms with Gasteiger partial charge in [0.25, 0.3) is 0 Å². The van der Waals surface area contributed by atoms with Crippen LogP contribution >= 0.6 is 0 Å². The molecule has 0 atom stereocenters. The topological polar surface area (TPSA) is 55.6 Å². The van der Waals surface area contributed by atoms with Gasteiger partial charge in [0.15, 0.2) is 6.73 Å². The monoisotopic (exact) mass is 256 g/mol. The van der Waals surface area contributed by atoms with Crippen LogP contribution in [0.25, 0.3) is 0 Å². The highest BCUT2D eigenvalue weighted by atomic mass is 16.6. The number of anilines is 1. The first-order valence-corrected chi connectivity index (χ1v) is 5.95. The first kappa shape index (κ1) is 11.5. The predicted octanol–water partition coefficient (Wildman–Crippen LogP) is 2.95. The van der Waals surface area contributed by atoms with E-state index < -0.39 is 4.92 Å². The lowest BCUT2D eigenvalue weighted by molar-refractivity contribution is -0.386. The zero-order chi connectivity index (χ0) is 13.2. The van der Waals surface area contributed by atoms with Gasteiger partial charge in [-0.25, -0.2) is 0 Å². The van der Waals surface area contributed by atoms with Crippen LogP contribution in [0.2, 0.25) is 0 Å². The molecule has 0 N–H and O–H groups in total. The summed E-state index contributed by atoms with van der Waals surface area (Å²) in [5.41, 5.74) is 1.91. The van der Waals surface area contributed by atoms with E-state index in [9.17, 15) is 10.1 Å². The highest BCUT2D eigenvalue weighted by molar-refractivity contribution is 5.56. The molecule has 0 fully saturated rings. The molecule has 1 aliphatic rings. The molecule has 5 nitrogen and oxygen atoms in total. The number of nitrogens with zero attached hydrogens (tertiary/aromatic N) is 2. The summed E-state index contributed by atoms with van der Waals surface area (Å²) >= 11 is 0. The molecule has 0 bridgehead atoms. The van der Waals surface area contributed by atoms with Crippen molar-refractivity contribution in [3.8, 4) is 5.75 Å². The number of nitro groups is 1. The average Bonchev–Trinajstić information content (AvgIpc) is 2.47. The minimum absolute atomic E-state index is 0.0326. The highest BCUT2D eigenvalue weighted by Gasteiger charge is 2.25. The van der Waals surface area contributed by atoms with Gasteiger partial charge in [0.05, 0.1) is 11.5 Å². The van der Waals surface area contributed by atoms with Gasteiger partial charge < -0.3 is 9.64 Å². The first-order chi connectivity index (χ1) is 9.25. The average molecular weight is 256 g/mol. The number of hydrogen-bond acceptors (Lipinski definition) is 4. The third-order valence-corrected chi connectivity index (χ3v) is 3.12. The van der Waals surface area contributed by atoms with E-state index in [-0.39, 0.29) is 5.69 Å². The lowest BCUT2D eigenvalue weighted by Crippen LogP contribution is -2.32. The van der Waals surface area contributed by atoms with E-state index in [1.165, 1.54) is 6.07 Å². The molecule has 1 heterocycles. The van der Waals surface area contributed by atoms with Crippen molar-refractivity contribution in [3.63, 3.8) is 0 Å². The Morgan fingerprint density at radius 3 is 2.63 bits per heavy atom. The molecule has 96 valence electrons. The van der Waals surface area contributed by atoms with E-state index in [2.05, 4.69) is 0 Å². The zero-order valence-electron chi connectivity index (χ0n) is 10.2. The molecule has 0 saturated heterocycles. The van der Waals surface area contributed by atoms with Crippen LogP contribution in [0.4, 0.5) is 11.4 Å². The Kier molecular flexibility index (Phi) is 2.79.